The first-order valence-electron chi connectivity index (χ1n) is 8.54. The zero-order chi connectivity index (χ0) is 19.3. The van der Waals surface area contributed by atoms with E-state index >= 15 is 0 Å². The summed E-state index contributed by atoms with van der Waals surface area (Å²) in [6.07, 6.45) is 4.26. The van der Waals surface area contributed by atoms with Crippen LogP contribution in [-0.2, 0) is 16.8 Å². The third-order valence-electron chi connectivity index (χ3n) is 4.16. The van der Waals surface area contributed by atoms with Gasteiger partial charge in [0, 0.05) is 29.8 Å². The lowest BCUT2D eigenvalue weighted by Gasteiger charge is -2.24. The van der Waals surface area contributed by atoms with Gasteiger partial charge in [0.1, 0.15) is 16.4 Å². The Morgan fingerprint density at radius 1 is 1.30 bits per heavy atom. The molecule has 0 aliphatic rings. The van der Waals surface area contributed by atoms with Gasteiger partial charge in [-0.15, -0.1) is 11.3 Å². The van der Waals surface area contributed by atoms with Crippen LogP contribution < -0.4 is 5.32 Å². The zero-order valence-electron chi connectivity index (χ0n) is 14.9. The first-order chi connectivity index (χ1) is 12.9. The van der Waals surface area contributed by atoms with Crippen LogP contribution in [0.4, 0.5) is 4.39 Å². The van der Waals surface area contributed by atoms with Crippen molar-refractivity contribution in [2.75, 3.05) is 6.54 Å². The number of hydrogen-bond acceptors (Lipinski definition) is 5. The van der Waals surface area contributed by atoms with E-state index in [1.807, 2.05) is 17.5 Å². The SMILES string of the molecule is CC(O)(CNC(=O)CCc1csc(-c2cccnc2)n1)c1ccc(F)cc1. The monoisotopic (exact) mass is 385 g/mol. The average molecular weight is 385 g/mol. The number of halogens is 1. The molecule has 3 rings (SSSR count). The molecule has 0 bridgehead atoms. The highest BCUT2D eigenvalue weighted by molar-refractivity contribution is 7.13. The van der Waals surface area contributed by atoms with Gasteiger partial charge in [-0.05, 0) is 43.2 Å². The van der Waals surface area contributed by atoms with Crippen LogP contribution in [0.3, 0.4) is 0 Å². The van der Waals surface area contributed by atoms with Crippen LogP contribution in [0.5, 0.6) is 0 Å². The van der Waals surface area contributed by atoms with Gasteiger partial charge in [0.2, 0.25) is 5.91 Å². The Hall–Kier alpha value is -2.64. The number of carbonyl (C=O) groups is 1. The maximum absolute atomic E-state index is 13.0. The fourth-order valence-corrected chi connectivity index (χ4v) is 3.40. The molecule has 0 radical (unpaired) electrons. The van der Waals surface area contributed by atoms with Gasteiger partial charge < -0.3 is 10.4 Å². The largest absolute Gasteiger partial charge is 0.384 e. The standard InChI is InChI=1S/C20H20FN3O2S/c1-20(26,15-4-6-16(21)7-5-15)13-23-18(25)9-8-17-12-27-19(24-17)14-3-2-10-22-11-14/h2-7,10-12,26H,8-9,13H2,1H3,(H,23,25). The molecule has 0 fully saturated rings. The summed E-state index contributed by atoms with van der Waals surface area (Å²) in [5, 5.41) is 16.0. The summed E-state index contributed by atoms with van der Waals surface area (Å²) in [5.74, 6) is -0.541. The lowest BCUT2D eigenvalue weighted by molar-refractivity contribution is -0.122. The molecule has 2 aromatic heterocycles. The van der Waals surface area contributed by atoms with Crippen LogP contribution in [0.2, 0.25) is 0 Å². The first-order valence-corrected chi connectivity index (χ1v) is 9.42. The Morgan fingerprint density at radius 2 is 2.07 bits per heavy atom. The number of thiazole rings is 1. The van der Waals surface area contributed by atoms with Gasteiger partial charge in [-0.3, -0.25) is 9.78 Å². The van der Waals surface area contributed by atoms with Crippen molar-refractivity contribution < 1.29 is 14.3 Å². The lowest BCUT2D eigenvalue weighted by atomic mass is 9.96. The van der Waals surface area contributed by atoms with Crippen LogP contribution in [0, 0.1) is 5.82 Å². The molecule has 0 aliphatic carbocycles. The third-order valence-corrected chi connectivity index (χ3v) is 5.10. The van der Waals surface area contributed by atoms with Crippen molar-refractivity contribution in [1.82, 2.24) is 15.3 Å². The predicted molar refractivity (Wildman–Crippen MR) is 103 cm³/mol. The van der Waals surface area contributed by atoms with E-state index in [9.17, 15) is 14.3 Å². The third kappa shape index (κ3) is 5.18. The Kier molecular flexibility index (Phi) is 5.93. The maximum Gasteiger partial charge on any atom is 0.220 e. The van der Waals surface area contributed by atoms with Gasteiger partial charge >= 0.3 is 0 Å². The van der Waals surface area contributed by atoms with Gasteiger partial charge in [0.25, 0.3) is 0 Å². The van der Waals surface area contributed by atoms with Crippen molar-refractivity contribution in [1.29, 1.82) is 0 Å². The number of pyridine rings is 1. The van der Waals surface area contributed by atoms with Crippen molar-refractivity contribution in [2.24, 2.45) is 0 Å². The molecule has 2 heterocycles. The number of aryl methyl sites for hydroxylation is 1. The molecule has 0 spiro atoms. The molecule has 1 atom stereocenters. The van der Waals surface area contributed by atoms with E-state index < -0.39 is 5.60 Å². The summed E-state index contributed by atoms with van der Waals surface area (Å²) < 4.78 is 13.0. The van der Waals surface area contributed by atoms with Crippen LogP contribution in [-0.4, -0.2) is 27.5 Å². The molecule has 0 saturated carbocycles. The number of benzene rings is 1. The van der Waals surface area contributed by atoms with E-state index in [2.05, 4.69) is 15.3 Å². The first kappa shape index (κ1) is 19.1. The summed E-state index contributed by atoms with van der Waals surface area (Å²) in [4.78, 5) is 20.7. The molecule has 1 amide bonds. The molecule has 1 unspecified atom stereocenters. The number of aliphatic hydroxyl groups is 1. The topological polar surface area (TPSA) is 75.1 Å². The van der Waals surface area contributed by atoms with Crippen molar-refractivity contribution in [2.45, 2.75) is 25.4 Å². The summed E-state index contributed by atoms with van der Waals surface area (Å²) in [5.41, 5.74) is 1.08. The lowest BCUT2D eigenvalue weighted by Crippen LogP contribution is -2.38. The van der Waals surface area contributed by atoms with Crippen LogP contribution >= 0.6 is 11.3 Å². The van der Waals surface area contributed by atoms with E-state index in [4.69, 9.17) is 0 Å². The second kappa shape index (κ2) is 8.37. The second-order valence-corrected chi connectivity index (χ2v) is 7.30. The molecule has 0 saturated heterocycles. The van der Waals surface area contributed by atoms with E-state index in [1.165, 1.54) is 35.6 Å². The summed E-state index contributed by atoms with van der Waals surface area (Å²) >= 11 is 1.52. The van der Waals surface area contributed by atoms with E-state index in [0.29, 0.717) is 12.0 Å². The molecular weight excluding hydrogens is 365 g/mol. The van der Waals surface area contributed by atoms with E-state index in [0.717, 1.165) is 16.3 Å². The molecular formula is C20H20FN3O2S. The van der Waals surface area contributed by atoms with Crippen molar-refractivity contribution >= 4 is 17.2 Å². The summed E-state index contributed by atoms with van der Waals surface area (Å²) in [7, 11) is 0. The van der Waals surface area contributed by atoms with Crippen molar-refractivity contribution in [3.8, 4) is 10.6 Å². The molecule has 27 heavy (non-hydrogen) atoms. The summed E-state index contributed by atoms with van der Waals surface area (Å²) in [6, 6.07) is 9.39. The molecule has 0 aliphatic heterocycles. The predicted octanol–water partition coefficient (Wildman–Crippen LogP) is 3.30. The highest BCUT2D eigenvalue weighted by Crippen LogP contribution is 2.23. The Balaban J connectivity index is 1.50. The van der Waals surface area contributed by atoms with Gasteiger partial charge in [0.05, 0.1) is 12.2 Å². The minimum absolute atomic E-state index is 0.0511. The average Bonchev–Trinajstić information content (AvgIpc) is 3.15. The quantitative estimate of drug-likeness (QED) is 0.654. The van der Waals surface area contributed by atoms with Crippen molar-refractivity contribution in [3.63, 3.8) is 0 Å². The fraction of sp³-hybridized carbons (Fsp3) is 0.250. The highest BCUT2D eigenvalue weighted by Gasteiger charge is 2.23. The Bertz CT molecular complexity index is 895. The number of nitrogens with zero attached hydrogens (tertiary/aromatic N) is 2. The highest BCUT2D eigenvalue weighted by atomic mass is 32.1. The van der Waals surface area contributed by atoms with E-state index in [-0.39, 0.29) is 24.7 Å². The minimum atomic E-state index is -1.27. The molecule has 140 valence electrons. The van der Waals surface area contributed by atoms with Crippen LogP contribution in [0.1, 0.15) is 24.6 Å². The molecule has 2 N–H and O–H groups in total. The van der Waals surface area contributed by atoms with E-state index in [1.54, 1.807) is 19.3 Å². The molecule has 7 heteroatoms. The Morgan fingerprint density at radius 3 is 2.78 bits per heavy atom. The van der Waals surface area contributed by atoms with Crippen molar-refractivity contribution in [3.05, 3.63) is 71.2 Å². The number of nitrogens with one attached hydrogen (secondary N) is 1. The second-order valence-electron chi connectivity index (χ2n) is 6.44. The maximum atomic E-state index is 13.0. The van der Waals surface area contributed by atoms with Gasteiger partial charge in [-0.2, -0.15) is 0 Å². The fourth-order valence-electron chi connectivity index (χ4n) is 2.56. The van der Waals surface area contributed by atoms with Gasteiger partial charge in [-0.25, -0.2) is 9.37 Å². The normalized spacial score (nSPS) is 13.1. The smallest absolute Gasteiger partial charge is 0.220 e. The van der Waals surface area contributed by atoms with Crippen LogP contribution in [0.25, 0.3) is 10.6 Å². The van der Waals surface area contributed by atoms with Crippen LogP contribution in [0.15, 0.2) is 54.2 Å². The minimum Gasteiger partial charge on any atom is -0.384 e. The number of carbonyl (C=O) groups excluding carboxylic acids is 1. The molecule has 5 nitrogen and oxygen atoms in total. The number of aromatic nitrogens is 2. The molecule has 1 aromatic carbocycles. The zero-order valence-corrected chi connectivity index (χ0v) is 15.7. The summed E-state index contributed by atoms with van der Waals surface area (Å²) in [6.45, 7) is 1.64. The Labute approximate surface area is 160 Å². The number of hydrogen-bond donors (Lipinski definition) is 2. The van der Waals surface area contributed by atoms with Gasteiger partial charge in [-0.1, -0.05) is 12.1 Å². The molecule has 3 aromatic rings. The number of rotatable bonds is 7. The number of amides is 1. The van der Waals surface area contributed by atoms with Gasteiger partial charge in [0.15, 0.2) is 0 Å².